The normalized spacial score (nSPS) is 16.4. The van der Waals surface area contributed by atoms with Crippen molar-refractivity contribution in [2.75, 3.05) is 12.0 Å². The van der Waals surface area contributed by atoms with Gasteiger partial charge in [0, 0.05) is 17.0 Å². The predicted molar refractivity (Wildman–Crippen MR) is 116 cm³/mol. The van der Waals surface area contributed by atoms with E-state index >= 15 is 0 Å². The molecule has 3 heterocycles. The molecule has 1 N–H and O–H groups in total. The Labute approximate surface area is 180 Å². The Balaban J connectivity index is 1.67. The first-order valence-electron chi connectivity index (χ1n) is 9.42. The largest absolute Gasteiger partial charge is 0.503 e. The lowest BCUT2D eigenvalue weighted by Gasteiger charge is -2.24. The molecule has 1 atom stereocenters. The lowest BCUT2D eigenvalue weighted by molar-refractivity contribution is -0.117. The lowest BCUT2D eigenvalue weighted by Crippen LogP contribution is -2.30. The summed E-state index contributed by atoms with van der Waals surface area (Å²) in [5.41, 5.74) is 1.09. The van der Waals surface area contributed by atoms with Crippen molar-refractivity contribution in [1.82, 2.24) is 4.98 Å². The Kier molecular flexibility index (Phi) is 4.56. The highest BCUT2D eigenvalue weighted by Gasteiger charge is 2.46. The maximum Gasteiger partial charge on any atom is 0.296 e. The van der Waals surface area contributed by atoms with Gasteiger partial charge < -0.3 is 14.3 Å². The second kappa shape index (κ2) is 7.41. The van der Waals surface area contributed by atoms with E-state index in [1.165, 1.54) is 23.3 Å². The van der Waals surface area contributed by atoms with Crippen LogP contribution >= 0.6 is 11.3 Å². The summed E-state index contributed by atoms with van der Waals surface area (Å²) in [7, 11) is 1.53. The number of carbonyl (C=O) groups excluding carboxylic acids is 2. The number of aliphatic hydroxyl groups is 1. The van der Waals surface area contributed by atoms with Gasteiger partial charge >= 0.3 is 0 Å². The minimum absolute atomic E-state index is 0.0458. The average Bonchev–Trinajstić information content (AvgIpc) is 3.52. The van der Waals surface area contributed by atoms with E-state index in [4.69, 9.17) is 9.15 Å². The van der Waals surface area contributed by atoms with E-state index in [0.29, 0.717) is 22.0 Å². The third-order valence-corrected chi connectivity index (χ3v) is 5.91. The van der Waals surface area contributed by atoms with E-state index in [-0.39, 0.29) is 11.3 Å². The Hall–Kier alpha value is -3.91. The standard InChI is InChI=1S/C23H16N2O5S/c1-29-15-7-4-6-14(11-15)19-18(21(27)22(28)25(19)23-24-9-10-31-23)20(26)17-12-13-5-2-3-8-16(13)30-17/h2-12,19,27H,1H3. The maximum atomic E-state index is 13.5. The van der Waals surface area contributed by atoms with Gasteiger partial charge in [-0.1, -0.05) is 30.3 Å². The fourth-order valence-corrected chi connectivity index (χ4v) is 4.39. The Morgan fingerprint density at radius 3 is 2.77 bits per heavy atom. The molecule has 5 rings (SSSR count). The van der Waals surface area contributed by atoms with Crippen LogP contribution in [0.15, 0.2) is 81.9 Å². The van der Waals surface area contributed by atoms with Crippen molar-refractivity contribution in [3.05, 3.63) is 88.8 Å². The van der Waals surface area contributed by atoms with Crippen LogP contribution in [0.4, 0.5) is 5.13 Å². The monoisotopic (exact) mass is 432 g/mol. The van der Waals surface area contributed by atoms with Gasteiger partial charge in [0.05, 0.1) is 18.7 Å². The molecule has 0 saturated heterocycles. The number of furan rings is 1. The number of carbonyl (C=O) groups is 2. The fraction of sp³-hybridized carbons (Fsp3) is 0.0870. The van der Waals surface area contributed by atoms with Gasteiger partial charge in [0.1, 0.15) is 11.3 Å². The summed E-state index contributed by atoms with van der Waals surface area (Å²) < 4.78 is 11.0. The van der Waals surface area contributed by atoms with Crippen LogP contribution in [0.2, 0.25) is 0 Å². The minimum atomic E-state index is -0.880. The third-order valence-electron chi connectivity index (χ3n) is 5.14. The number of nitrogens with zero attached hydrogens (tertiary/aromatic N) is 2. The smallest absolute Gasteiger partial charge is 0.296 e. The van der Waals surface area contributed by atoms with Crippen LogP contribution in [0.25, 0.3) is 11.0 Å². The van der Waals surface area contributed by atoms with E-state index in [1.807, 2.05) is 12.1 Å². The summed E-state index contributed by atoms with van der Waals surface area (Å²) in [5.74, 6) is -1.26. The van der Waals surface area contributed by atoms with E-state index in [2.05, 4.69) is 4.98 Å². The number of ether oxygens (including phenoxy) is 1. The van der Waals surface area contributed by atoms with E-state index < -0.39 is 23.5 Å². The van der Waals surface area contributed by atoms with E-state index in [0.717, 1.165) is 5.39 Å². The van der Waals surface area contributed by atoms with Crippen molar-refractivity contribution in [3.8, 4) is 5.75 Å². The predicted octanol–water partition coefficient (Wildman–Crippen LogP) is 4.68. The molecule has 2 aromatic carbocycles. The minimum Gasteiger partial charge on any atom is -0.503 e. The van der Waals surface area contributed by atoms with Crippen LogP contribution in [0, 0.1) is 0 Å². The number of thiazole rings is 1. The SMILES string of the molecule is COc1cccc(C2C(C(=O)c3cc4ccccc4o3)=C(O)C(=O)N2c2nccs2)c1. The molecule has 1 aliphatic rings. The van der Waals surface area contributed by atoms with Crippen molar-refractivity contribution < 1.29 is 23.8 Å². The van der Waals surface area contributed by atoms with E-state index in [9.17, 15) is 14.7 Å². The maximum absolute atomic E-state index is 13.5. The number of hydrogen-bond acceptors (Lipinski definition) is 7. The first-order chi connectivity index (χ1) is 15.1. The zero-order valence-corrected chi connectivity index (χ0v) is 17.1. The quantitative estimate of drug-likeness (QED) is 0.460. The molecule has 4 aromatic rings. The van der Waals surface area contributed by atoms with Crippen molar-refractivity contribution >= 4 is 39.1 Å². The molecule has 31 heavy (non-hydrogen) atoms. The highest BCUT2D eigenvalue weighted by Crippen LogP contribution is 2.43. The summed E-state index contributed by atoms with van der Waals surface area (Å²) in [6.07, 6.45) is 1.56. The van der Waals surface area contributed by atoms with Crippen molar-refractivity contribution in [2.45, 2.75) is 6.04 Å². The Morgan fingerprint density at radius 2 is 2.03 bits per heavy atom. The highest BCUT2D eigenvalue weighted by atomic mass is 32.1. The molecule has 1 amide bonds. The van der Waals surface area contributed by atoms with Crippen LogP contribution < -0.4 is 9.64 Å². The van der Waals surface area contributed by atoms with Crippen LogP contribution in [0.5, 0.6) is 5.75 Å². The number of ketones is 1. The number of benzene rings is 2. The number of rotatable bonds is 5. The number of hydrogen-bond donors (Lipinski definition) is 1. The number of Topliss-reactive ketones (excluding diaryl/α,β-unsaturated/α-hetero) is 1. The second-order valence-corrected chi connectivity index (χ2v) is 7.78. The van der Waals surface area contributed by atoms with Gasteiger partial charge in [-0.3, -0.25) is 14.5 Å². The summed E-state index contributed by atoms with van der Waals surface area (Å²) in [6, 6.07) is 15.0. The Bertz CT molecular complexity index is 1310. The van der Waals surface area contributed by atoms with Crippen LogP contribution in [0.3, 0.4) is 0 Å². The zero-order valence-electron chi connectivity index (χ0n) is 16.3. The molecule has 154 valence electrons. The van der Waals surface area contributed by atoms with Gasteiger partial charge in [-0.05, 0) is 29.8 Å². The number of para-hydroxylation sites is 1. The molecule has 7 nitrogen and oxygen atoms in total. The van der Waals surface area contributed by atoms with Gasteiger partial charge in [0.2, 0.25) is 5.78 Å². The second-order valence-electron chi connectivity index (χ2n) is 6.91. The highest BCUT2D eigenvalue weighted by molar-refractivity contribution is 7.13. The lowest BCUT2D eigenvalue weighted by atomic mass is 9.95. The molecule has 0 radical (unpaired) electrons. The van der Waals surface area contributed by atoms with Gasteiger partial charge in [-0.2, -0.15) is 0 Å². The Morgan fingerprint density at radius 1 is 1.19 bits per heavy atom. The number of amides is 1. The number of aliphatic hydroxyl groups excluding tert-OH is 1. The van der Waals surface area contributed by atoms with Gasteiger partial charge in [-0.25, -0.2) is 4.98 Å². The summed E-state index contributed by atoms with van der Waals surface area (Å²) in [4.78, 5) is 32.1. The molecular weight excluding hydrogens is 416 g/mol. The zero-order chi connectivity index (χ0) is 21.5. The molecule has 0 aliphatic carbocycles. The average molecular weight is 432 g/mol. The van der Waals surface area contributed by atoms with Crippen molar-refractivity contribution in [3.63, 3.8) is 0 Å². The van der Waals surface area contributed by atoms with Crippen molar-refractivity contribution in [2.24, 2.45) is 0 Å². The summed E-state index contributed by atoms with van der Waals surface area (Å²) >= 11 is 1.24. The number of aromatic nitrogens is 1. The number of fused-ring (bicyclic) bond motifs is 1. The van der Waals surface area contributed by atoms with Crippen LogP contribution in [-0.4, -0.2) is 28.9 Å². The first-order valence-corrected chi connectivity index (χ1v) is 10.3. The van der Waals surface area contributed by atoms with Gasteiger partial charge in [0.15, 0.2) is 16.7 Å². The van der Waals surface area contributed by atoms with Gasteiger partial charge in [-0.15, -0.1) is 11.3 Å². The molecule has 2 aromatic heterocycles. The third kappa shape index (κ3) is 3.08. The molecule has 0 fully saturated rings. The molecule has 0 saturated carbocycles. The van der Waals surface area contributed by atoms with E-state index in [1.54, 1.807) is 54.0 Å². The molecule has 1 unspecified atom stereocenters. The van der Waals surface area contributed by atoms with Crippen LogP contribution in [0.1, 0.15) is 22.2 Å². The van der Waals surface area contributed by atoms with Gasteiger partial charge in [0.25, 0.3) is 5.91 Å². The van der Waals surface area contributed by atoms with Crippen molar-refractivity contribution in [1.29, 1.82) is 0 Å². The molecular formula is C23H16N2O5S. The number of methoxy groups -OCH3 is 1. The first kappa shape index (κ1) is 19.1. The number of anilines is 1. The van der Waals surface area contributed by atoms with Crippen LogP contribution in [-0.2, 0) is 4.79 Å². The topological polar surface area (TPSA) is 92.9 Å². The molecule has 0 spiro atoms. The summed E-state index contributed by atoms with van der Waals surface area (Å²) in [6.45, 7) is 0. The summed E-state index contributed by atoms with van der Waals surface area (Å²) in [5, 5.41) is 13.6. The molecule has 1 aliphatic heterocycles. The molecule has 8 heteroatoms. The fourth-order valence-electron chi connectivity index (χ4n) is 3.72. The molecule has 0 bridgehead atoms.